The third-order valence-corrected chi connectivity index (χ3v) is 6.45. The monoisotopic (exact) mass is 396 g/mol. The molecule has 0 unspecified atom stereocenters. The van der Waals surface area contributed by atoms with E-state index >= 15 is 0 Å². The summed E-state index contributed by atoms with van der Waals surface area (Å²) in [4.78, 5) is 22.8. The molecule has 0 fully saturated rings. The lowest BCUT2D eigenvalue weighted by Crippen LogP contribution is -2.14. The summed E-state index contributed by atoms with van der Waals surface area (Å²) in [6.07, 6.45) is 0.401. The van der Waals surface area contributed by atoms with Gasteiger partial charge >= 0.3 is 5.97 Å². The van der Waals surface area contributed by atoms with E-state index in [0.29, 0.717) is 34.7 Å². The van der Waals surface area contributed by atoms with Crippen molar-refractivity contribution in [1.29, 1.82) is 0 Å². The molecule has 0 spiro atoms. The minimum absolute atomic E-state index is 0.00594. The number of carboxylic acids is 1. The standard InChI is InChI=1S/C17H20N2O5S2/c1-10(2)8-14(20)18-12-4-6-13(7-5-12)19-26(23,24)15-9-11(3)16(25-15)17(21)22/h4-7,9-10,19H,8H2,1-3H3,(H,18,20)(H,21,22). The van der Waals surface area contributed by atoms with Crippen molar-refractivity contribution < 1.29 is 23.1 Å². The van der Waals surface area contributed by atoms with Crippen molar-refractivity contribution in [3.63, 3.8) is 0 Å². The van der Waals surface area contributed by atoms with Gasteiger partial charge in [0, 0.05) is 17.8 Å². The molecule has 0 atom stereocenters. The van der Waals surface area contributed by atoms with Crippen LogP contribution in [0.3, 0.4) is 0 Å². The van der Waals surface area contributed by atoms with Crippen LogP contribution in [0.5, 0.6) is 0 Å². The third kappa shape index (κ3) is 5.06. The minimum atomic E-state index is -3.88. The Kier molecular flexibility index (Phi) is 6.04. The van der Waals surface area contributed by atoms with E-state index in [1.165, 1.54) is 18.2 Å². The van der Waals surface area contributed by atoms with E-state index < -0.39 is 16.0 Å². The number of aryl methyl sites for hydroxylation is 1. The van der Waals surface area contributed by atoms with Gasteiger partial charge in [-0.2, -0.15) is 0 Å². The van der Waals surface area contributed by atoms with E-state index in [4.69, 9.17) is 5.11 Å². The average molecular weight is 396 g/mol. The minimum Gasteiger partial charge on any atom is -0.477 e. The van der Waals surface area contributed by atoms with Crippen molar-refractivity contribution in [2.45, 2.75) is 31.4 Å². The zero-order valence-corrected chi connectivity index (χ0v) is 16.2. The first-order valence-electron chi connectivity index (χ1n) is 7.85. The molecule has 0 aliphatic carbocycles. The molecule has 140 valence electrons. The van der Waals surface area contributed by atoms with Gasteiger partial charge in [0.2, 0.25) is 5.91 Å². The number of hydrogen-bond acceptors (Lipinski definition) is 5. The third-order valence-electron chi connectivity index (χ3n) is 3.37. The number of thiophene rings is 1. The van der Waals surface area contributed by atoms with Crippen LogP contribution in [0.25, 0.3) is 0 Å². The molecule has 2 aromatic rings. The molecular weight excluding hydrogens is 376 g/mol. The second-order valence-corrected chi connectivity index (χ2v) is 9.17. The second kappa shape index (κ2) is 7.88. The molecule has 1 aromatic heterocycles. The maximum absolute atomic E-state index is 12.4. The fraction of sp³-hybridized carbons (Fsp3) is 0.294. The Balaban J connectivity index is 2.11. The fourth-order valence-electron chi connectivity index (χ4n) is 2.21. The Hall–Kier alpha value is -2.39. The Morgan fingerprint density at radius 2 is 1.73 bits per heavy atom. The van der Waals surface area contributed by atoms with Crippen LogP contribution in [0, 0.1) is 12.8 Å². The average Bonchev–Trinajstić information content (AvgIpc) is 2.91. The molecule has 0 aliphatic rings. The van der Waals surface area contributed by atoms with Crippen molar-refractivity contribution in [3.05, 3.63) is 40.8 Å². The summed E-state index contributed by atoms with van der Waals surface area (Å²) in [5.74, 6) is -1.02. The van der Waals surface area contributed by atoms with Gasteiger partial charge in [0.05, 0.1) is 0 Å². The summed E-state index contributed by atoms with van der Waals surface area (Å²) >= 11 is 0.704. The number of aromatic carboxylic acids is 1. The van der Waals surface area contributed by atoms with E-state index in [2.05, 4.69) is 10.0 Å². The van der Waals surface area contributed by atoms with Gasteiger partial charge in [-0.3, -0.25) is 9.52 Å². The lowest BCUT2D eigenvalue weighted by molar-refractivity contribution is -0.116. The van der Waals surface area contributed by atoms with Gasteiger partial charge in [-0.05, 0) is 48.7 Å². The quantitative estimate of drug-likeness (QED) is 0.662. The van der Waals surface area contributed by atoms with Crippen LogP contribution < -0.4 is 10.0 Å². The number of carbonyl (C=O) groups is 2. The summed E-state index contributed by atoms with van der Waals surface area (Å²) < 4.78 is 27.2. The first-order valence-corrected chi connectivity index (χ1v) is 10.1. The second-order valence-electron chi connectivity index (χ2n) is 6.21. The highest BCUT2D eigenvalue weighted by Gasteiger charge is 2.21. The summed E-state index contributed by atoms with van der Waals surface area (Å²) in [5, 5.41) is 11.8. The van der Waals surface area contributed by atoms with E-state index in [-0.39, 0.29) is 20.9 Å². The van der Waals surface area contributed by atoms with Crippen LogP contribution in [-0.2, 0) is 14.8 Å². The smallest absolute Gasteiger partial charge is 0.346 e. The number of nitrogens with one attached hydrogen (secondary N) is 2. The van der Waals surface area contributed by atoms with Crippen molar-refractivity contribution >= 4 is 44.6 Å². The van der Waals surface area contributed by atoms with Crippen LogP contribution in [0.2, 0.25) is 0 Å². The zero-order chi connectivity index (χ0) is 19.5. The van der Waals surface area contributed by atoms with Crippen molar-refractivity contribution in [3.8, 4) is 0 Å². The van der Waals surface area contributed by atoms with Gasteiger partial charge in [-0.1, -0.05) is 13.8 Å². The van der Waals surface area contributed by atoms with Crippen molar-refractivity contribution in [2.24, 2.45) is 5.92 Å². The predicted octanol–water partition coefficient (Wildman–Crippen LogP) is 3.54. The molecule has 7 nitrogen and oxygen atoms in total. The molecule has 9 heteroatoms. The van der Waals surface area contributed by atoms with Crippen LogP contribution in [0.15, 0.2) is 34.5 Å². The van der Waals surface area contributed by atoms with E-state index in [1.54, 1.807) is 19.1 Å². The number of anilines is 2. The van der Waals surface area contributed by atoms with Crippen molar-refractivity contribution in [2.75, 3.05) is 10.0 Å². The Bertz CT molecular complexity index is 915. The van der Waals surface area contributed by atoms with Crippen LogP contribution in [0.1, 0.15) is 35.5 Å². The topological polar surface area (TPSA) is 113 Å². The molecule has 0 saturated carbocycles. The van der Waals surface area contributed by atoms with Crippen LogP contribution in [-0.4, -0.2) is 25.4 Å². The highest BCUT2D eigenvalue weighted by atomic mass is 32.2. The Labute approximate surface area is 156 Å². The van der Waals surface area contributed by atoms with Crippen molar-refractivity contribution in [1.82, 2.24) is 0 Å². The lowest BCUT2D eigenvalue weighted by atomic mass is 10.1. The molecule has 26 heavy (non-hydrogen) atoms. The van der Waals surface area contributed by atoms with Gasteiger partial charge in [0.15, 0.2) is 0 Å². The van der Waals surface area contributed by atoms with Crippen LogP contribution >= 0.6 is 11.3 Å². The van der Waals surface area contributed by atoms with Gasteiger partial charge in [0.1, 0.15) is 9.09 Å². The predicted molar refractivity (Wildman–Crippen MR) is 101 cm³/mol. The first-order chi connectivity index (χ1) is 12.1. The molecule has 0 saturated heterocycles. The number of rotatable bonds is 7. The highest BCUT2D eigenvalue weighted by molar-refractivity contribution is 7.94. The SMILES string of the molecule is Cc1cc(S(=O)(=O)Nc2ccc(NC(=O)CC(C)C)cc2)sc1C(=O)O. The number of sulfonamides is 1. The van der Waals surface area contributed by atoms with Gasteiger partial charge in [0.25, 0.3) is 10.0 Å². The molecule has 0 aliphatic heterocycles. The zero-order valence-electron chi connectivity index (χ0n) is 14.6. The lowest BCUT2D eigenvalue weighted by Gasteiger charge is -2.09. The number of benzene rings is 1. The highest BCUT2D eigenvalue weighted by Crippen LogP contribution is 2.28. The molecule has 0 radical (unpaired) electrons. The van der Waals surface area contributed by atoms with Gasteiger partial charge in [-0.15, -0.1) is 11.3 Å². The van der Waals surface area contributed by atoms with Gasteiger partial charge in [-0.25, -0.2) is 13.2 Å². The molecule has 3 N–H and O–H groups in total. The Morgan fingerprint density at radius 3 is 2.23 bits per heavy atom. The molecule has 0 bridgehead atoms. The van der Waals surface area contributed by atoms with E-state index in [9.17, 15) is 18.0 Å². The summed E-state index contributed by atoms with van der Waals surface area (Å²) in [5.41, 5.74) is 1.28. The molecule has 1 amide bonds. The molecule has 1 heterocycles. The fourth-order valence-corrected chi connectivity index (χ4v) is 4.64. The summed E-state index contributed by atoms with van der Waals surface area (Å²) in [6, 6.07) is 7.58. The molecule has 2 rings (SSSR count). The maximum Gasteiger partial charge on any atom is 0.346 e. The van der Waals surface area contributed by atoms with Crippen LogP contribution in [0.4, 0.5) is 11.4 Å². The first kappa shape index (κ1) is 19.9. The normalized spacial score (nSPS) is 11.4. The van der Waals surface area contributed by atoms with E-state index in [0.717, 1.165) is 0 Å². The number of hydrogen-bond donors (Lipinski definition) is 3. The number of amides is 1. The molecule has 1 aromatic carbocycles. The maximum atomic E-state index is 12.4. The van der Waals surface area contributed by atoms with E-state index in [1.807, 2.05) is 13.8 Å². The number of carbonyl (C=O) groups excluding carboxylic acids is 1. The van der Waals surface area contributed by atoms with Gasteiger partial charge < -0.3 is 10.4 Å². The summed E-state index contributed by atoms with van der Waals surface area (Å²) in [6.45, 7) is 5.44. The summed E-state index contributed by atoms with van der Waals surface area (Å²) in [7, 11) is -3.88. The Morgan fingerprint density at radius 1 is 1.15 bits per heavy atom. The largest absolute Gasteiger partial charge is 0.477 e. The molecular formula is C17H20N2O5S2. The number of carboxylic acid groups (broad SMARTS) is 1.